The summed E-state index contributed by atoms with van der Waals surface area (Å²) >= 11 is 4.11. The van der Waals surface area contributed by atoms with Crippen molar-refractivity contribution in [1.29, 1.82) is 0 Å². The van der Waals surface area contributed by atoms with E-state index >= 15 is 0 Å². The summed E-state index contributed by atoms with van der Waals surface area (Å²) in [6, 6.07) is 4.41. The highest BCUT2D eigenvalue weighted by atomic mass is 32.4. The van der Waals surface area contributed by atoms with E-state index in [-0.39, 0.29) is 0 Å². The molecule has 0 N–H and O–H groups in total. The molecule has 1 aromatic rings. The summed E-state index contributed by atoms with van der Waals surface area (Å²) in [7, 11) is -1.42. The van der Waals surface area contributed by atoms with E-state index < -0.39 is 7.22 Å². The summed E-state index contributed by atoms with van der Waals surface area (Å²) in [6.45, 7) is 18.6. The molecule has 0 aromatic carbocycles. The van der Waals surface area contributed by atoms with Crippen molar-refractivity contribution in [1.82, 2.24) is 0 Å². The van der Waals surface area contributed by atoms with Crippen molar-refractivity contribution in [3.05, 3.63) is 35.0 Å². The molecule has 1 aromatic heterocycles. The number of hydrogen-bond donors (Lipinski definition) is 0. The zero-order valence-corrected chi connectivity index (χ0v) is 15.8. The molecule has 0 aliphatic rings. The van der Waals surface area contributed by atoms with Crippen LogP contribution in [-0.2, 0) is 0 Å². The van der Waals surface area contributed by atoms with Crippen LogP contribution in [0, 0.1) is 0 Å². The second-order valence-corrected chi connectivity index (χ2v) is 15.8. The molecule has 0 nitrogen and oxygen atoms in total. The van der Waals surface area contributed by atoms with Gasteiger partial charge in [0.15, 0.2) is 0 Å². The van der Waals surface area contributed by atoms with E-state index in [1.807, 2.05) is 11.3 Å². The minimum absolute atomic E-state index is 0.471. The van der Waals surface area contributed by atoms with Gasteiger partial charge in [0.25, 0.3) is 0 Å². The largest absolute Gasteiger partial charge is 0.171 e. The lowest BCUT2D eigenvalue weighted by Gasteiger charge is -2.44. The van der Waals surface area contributed by atoms with Crippen molar-refractivity contribution >= 4 is 29.8 Å². The van der Waals surface area contributed by atoms with E-state index in [0.29, 0.717) is 5.25 Å². The van der Waals surface area contributed by atoms with Gasteiger partial charge in [-0.05, 0) is 28.1 Å². The van der Waals surface area contributed by atoms with Crippen molar-refractivity contribution < 1.29 is 0 Å². The Morgan fingerprint density at radius 3 is 1.95 bits per heavy atom. The molecule has 1 rings (SSSR count). The topological polar surface area (TPSA) is 0 Å². The van der Waals surface area contributed by atoms with Crippen molar-refractivity contribution in [2.45, 2.75) is 63.4 Å². The predicted octanol–water partition coefficient (Wildman–Crippen LogP) is 6.88. The Hall–Kier alpha value is 0.00688. The Balaban J connectivity index is 3.09. The molecule has 3 heteroatoms. The summed E-state index contributed by atoms with van der Waals surface area (Å²) in [5.41, 5.74) is 2.37. The first-order valence-corrected chi connectivity index (χ1v) is 11.9. The molecule has 0 aliphatic carbocycles. The molecule has 1 atom stereocenters. The second kappa shape index (κ2) is 7.14. The maximum atomic E-state index is 4.09. The van der Waals surface area contributed by atoms with Gasteiger partial charge in [0, 0.05) is 4.88 Å². The van der Waals surface area contributed by atoms with Crippen LogP contribution in [0.1, 0.15) is 51.7 Å². The molecule has 1 heterocycles. The molecule has 0 bridgehead atoms. The highest BCUT2D eigenvalue weighted by molar-refractivity contribution is 8.29. The number of thiophene rings is 1. The SMILES string of the molecule is C=C[C@H](S[Si](C(C)C)(C(C)C)C(C)C)c1cccs1. The summed E-state index contributed by atoms with van der Waals surface area (Å²) in [4.78, 5) is 1.46. The zero-order valence-electron chi connectivity index (χ0n) is 13.1. The molecule has 0 spiro atoms. The molecule has 0 aliphatic heterocycles. The van der Waals surface area contributed by atoms with Crippen LogP contribution in [0.25, 0.3) is 0 Å². The highest BCUT2D eigenvalue weighted by Gasteiger charge is 2.45. The fraction of sp³-hybridized carbons (Fsp3) is 0.625. The quantitative estimate of drug-likeness (QED) is 0.390. The average Bonchev–Trinajstić information content (AvgIpc) is 2.82. The predicted molar refractivity (Wildman–Crippen MR) is 95.9 cm³/mol. The standard InChI is InChI=1S/C16H28S2Si/c1-8-15(16-10-9-11-17-16)18-19(12(2)3,13(4)5)14(6)7/h8-15H,1H2,2-7H3/t15-/m0/s1. The maximum absolute atomic E-state index is 4.09. The van der Waals surface area contributed by atoms with Gasteiger partial charge in [-0.3, -0.25) is 0 Å². The van der Waals surface area contributed by atoms with E-state index in [1.165, 1.54) is 4.88 Å². The normalized spacial score (nSPS) is 14.4. The third-order valence-corrected chi connectivity index (χ3v) is 17.9. The maximum Gasteiger partial charge on any atom is 0.126 e. The van der Waals surface area contributed by atoms with Crippen LogP contribution in [-0.4, -0.2) is 7.22 Å². The molecule has 0 saturated carbocycles. The fourth-order valence-corrected chi connectivity index (χ4v) is 14.6. The van der Waals surface area contributed by atoms with Crippen molar-refractivity contribution in [2.75, 3.05) is 0 Å². The van der Waals surface area contributed by atoms with E-state index in [0.717, 1.165) is 16.6 Å². The van der Waals surface area contributed by atoms with Crippen molar-refractivity contribution in [2.24, 2.45) is 0 Å². The molecular formula is C16H28S2Si. The van der Waals surface area contributed by atoms with Crippen LogP contribution in [0.4, 0.5) is 0 Å². The van der Waals surface area contributed by atoms with Crippen LogP contribution in [0.3, 0.4) is 0 Å². The van der Waals surface area contributed by atoms with Gasteiger partial charge in [-0.15, -0.1) is 17.9 Å². The molecule has 0 amide bonds. The van der Waals surface area contributed by atoms with E-state index in [4.69, 9.17) is 0 Å². The minimum atomic E-state index is -1.42. The van der Waals surface area contributed by atoms with Gasteiger partial charge in [-0.1, -0.05) is 53.7 Å². The van der Waals surface area contributed by atoms with Crippen LogP contribution >= 0.6 is 22.5 Å². The Labute approximate surface area is 128 Å². The molecular weight excluding hydrogens is 284 g/mol. The summed E-state index contributed by atoms with van der Waals surface area (Å²) in [5.74, 6) is 0. The van der Waals surface area contributed by atoms with Gasteiger partial charge in [-0.2, -0.15) is 11.2 Å². The Kier molecular flexibility index (Phi) is 6.41. The number of hydrogen-bond acceptors (Lipinski definition) is 2. The van der Waals surface area contributed by atoms with Gasteiger partial charge >= 0.3 is 0 Å². The molecule has 0 saturated heterocycles. The number of rotatable bonds is 7. The molecule has 0 unspecified atom stereocenters. The smallest absolute Gasteiger partial charge is 0.126 e. The van der Waals surface area contributed by atoms with Crippen LogP contribution in [0.15, 0.2) is 30.2 Å². The third kappa shape index (κ3) is 3.56. The third-order valence-electron chi connectivity index (χ3n) is 4.08. The molecule has 0 radical (unpaired) electrons. The van der Waals surface area contributed by atoms with E-state index in [1.54, 1.807) is 0 Å². The first-order chi connectivity index (χ1) is 8.86. The summed E-state index contributed by atoms with van der Waals surface area (Å²) in [6.07, 6.45) is 2.14. The Bertz CT molecular complexity index is 358. The lowest BCUT2D eigenvalue weighted by molar-refractivity contribution is 0.850. The first-order valence-electron chi connectivity index (χ1n) is 7.20. The van der Waals surface area contributed by atoms with Gasteiger partial charge in [0.05, 0.1) is 5.25 Å². The summed E-state index contributed by atoms with van der Waals surface area (Å²) < 4.78 is 0. The monoisotopic (exact) mass is 312 g/mol. The van der Waals surface area contributed by atoms with E-state index in [2.05, 4.69) is 82.9 Å². The van der Waals surface area contributed by atoms with Gasteiger partial charge in [0.1, 0.15) is 7.22 Å². The van der Waals surface area contributed by atoms with Crippen molar-refractivity contribution in [3.63, 3.8) is 0 Å². The molecule has 19 heavy (non-hydrogen) atoms. The average molecular weight is 313 g/mol. The minimum Gasteiger partial charge on any atom is -0.171 e. The zero-order chi connectivity index (χ0) is 14.6. The van der Waals surface area contributed by atoms with E-state index in [9.17, 15) is 0 Å². The first kappa shape index (κ1) is 17.1. The molecule has 108 valence electrons. The van der Waals surface area contributed by atoms with Gasteiger partial charge in [0.2, 0.25) is 0 Å². The van der Waals surface area contributed by atoms with Crippen LogP contribution < -0.4 is 0 Å². The Morgan fingerprint density at radius 1 is 1.11 bits per heavy atom. The van der Waals surface area contributed by atoms with Crippen molar-refractivity contribution in [3.8, 4) is 0 Å². The van der Waals surface area contributed by atoms with Crippen LogP contribution in [0.2, 0.25) is 16.6 Å². The fourth-order valence-electron chi connectivity index (χ4n) is 3.30. The van der Waals surface area contributed by atoms with Gasteiger partial charge < -0.3 is 0 Å². The second-order valence-electron chi connectivity index (χ2n) is 6.11. The van der Waals surface area contributed by atoms with Gasteiger partial charge in [-0.25, -0.2) is 0 Å². The molecule has 0 fully saturated rings. The lowest BCUT2D eigenvalue weighted by atomic mass is 10.3. The van der Waals surface area contributed by atoms with Crippen LogP contribution in [0.5, 0.6) is 0 Å². The lowest BCUT2D eigenvalue weighted by Crippen LogP contribution is -2.41. The highest BCUT2D eigenvalue weighted by Crippen LogP contribution is 2.54. The summed E-state index contributed by atoms with van der Waals surface area (Å²) in [5, 5.41) is 2.65. The Morgan fingerprint density at radius 2 is 1.63 bits per heavy atom.